The van der Waals surface area contributed by atoms with Gasteiger partial charge in [0.25, 0.3) is 0 Å². The van der Waals surface area contributed by atoms with Crippen LogP contribution in [0.15, 0.2) is 23.0 Å². The van der Waals surface area contributed by atoms with Crippen molar-refractivity contribution >= 4 is 17.3 Å². The quantitative estimate of drug-likeness (QED) is 0.580. The van der Waals surface area contributed by atoms with Crippen molar-refractivity contribution < 1.29 is 24.6 Å². The number of Topliss-reactive ketones (excluding diaryl/α,β-unsaturated/α-hetero) is 3. The highest BCUT2D eigenvalue weighted by Gasteiger charge is 2.56. The van der Waals surface area contributed by atoms with Crippen LogP contribution in [-0.4, -0.2) is 33.2 Å². The number of ketones is 3. The number of allylic oxidation sites excluding steroid dienone is 3. The fourth-order valence-electron chi connectivity index (χ4n) is 2.49. The van der Waals surface area contributed by atoms with Gasteiger partial charge in [0.1, 0.15) is 11.3 Å². The van der Waals surface area contributed by atoms with Crippen LogP contribution in [0.25, 0.3) is 0 Å². The van der Waals surface area contributed by atoms with Crippen molar-refractivity contribution in [2.75, 3.05) is 0 Å². The average molecular weight is 308 g/mol. The van der Waals surface area contributed by atoms with E-state index in [1.54, 1.807) is 19.9 Å². The van der Waals surface area contributed by atoms with Gasteiger partial charge in [-0.2, -0.15) is 0 Å². The highest BCUT2D eigenvalue weighted by molar-refractivity contribution is 6.25. The zero-order chi connectivity index (χ0) is 17.2. The standard InChI is InChI=1S/C17H24O5/c1-9(2)6-7-13(19)17(22)11(5)15(20)14(16(17)21)12(18)8-10(3)4/h6,10-11,21-22H,7-8H2,1-5H3/t11?,17-/m1/s1. The van der Waals surface area contributed by atoms with E-state index in [9.17, 15) is 24.6 Å². The van der Waals surface area contributed by atoms with Crippen LogP contribution in [0.4, 0.5) is 0 Å². The molecule has 22 heavy (non-hydrogen) atoms. The maximum atomic E-state index is 12.3. The minimum atomic E-state index is -2.30. The Bertz CT molecular complexity index is 564. The third kappa shape index (κ3) is 3.19. The topological polar surface area (TPSA) is 91.7 Å². The Morgan fingerprint density at radius 2 is 1.86 bits per heavy atom. The lowest BCUT2D eigenvalue weighted by Gasteiger charge is -2.25. The van der Waals surface area contributed by atoms with Gasteiger partial charge in [-0.05, 0) is 19.8 Å². The summed E-state index contributed by atoms with van der Waals surface area (Å²) in [5.41, 5.74) is -1.84. The van der Waals surface area contributed by atoms with Gasteiger partial charge in [-0.15, -0.1) is 0 Å². The summed E-state index contributed by atoms with van der Waals surface area (Å²) in [6.07, 6.45) is 1.58. The molecule has 5 heteroatoms. The highest BCUT2D eigenvalue weighted by atomic mass is 16.3. The molecule has 1 rings (SSSR count). The van der Waals surface area contributed by atoms with Crippen LogP contribution < -0.4 is 0 Å². The van der Waals surface area contributed by atoms with E-state index in [2.05, 4.69) is 0 Å². The largest absolute Gasteiger partial charge is 0.508 e. The van der Waals surface area contributed by atoms with Gasteiger partial charge >= 0.3 is 0 Å². The SMILES string of the molecule is CC(C)=CCC(=O)[C@@]1(O)C(O)=C(C(=O)CC(C)C)C(=O)C1C. The molecular formula is C17H24O5. The van der Waals surface area contributed by atoms with Crippen LogP contribution in [0.3, 0.4) is 0 Å². The summed E-state index contributed by atoms with van der Waals surface area (Å²) in [6.45, 7) is 8.57. The molecule has 0 aromatic heterocycles. The van der Waals surface area contributed by atoms with E-state index in [1.807, 2.05) is 13.8 Å². The smallest absolute Gasteiger partial charge is 0.190 e. The van der Waals surface area contributed by atoms with Crippen molar-refractivity contribution in [2.24, 2.45) is 11.8 Å². The molecule has 1 aliphatic rings. The number of hydrogen-bond donors (Lipinski definition) is 2. The number of carbonyl (C=O) groups excluding carboxylic acids is 3. The van der Waals surface area contributed by atoms with E-state index in [4.69, 9.17) is 0 Å². The summed E-state index contributed by atoms with van der Waals surface area (Å²) in [5, 5.41) is 20.8. The van der Waals surface area contributed by atoms with Crippen LogP contribution in [0.1, 0.15) is 47.5 Å². The number of aliphatic hydroxyl groups excluding tert-OH is 1. The molecule has 0 bridgehead atoms. The predicted molar refractivity (Wildman–Crippen MR) is 82.3 cm³/mol. The fraction of sp³-hybridized carbons (Fsp3) is 0.588. The lowest BCUT2D eigenvalue weighted by Crippen LogP contribution is -2.45. The summed E-state index contributed by atoms with van der Waals surface area (Å²) < 4.78 is 0. The molecular weight excluding hydrogens is 284 g/mol. The molecule has 0 aromatic rings. The van der Waals surface area contributed by atoms with Crippen molar-refractivity contribution in [1.29, 1.82) is 0 Å². The Kier molecular flexibility index (Phi) is 5.46. The van der Waals surface area contributed by atoms with E-state index in [0.29, 0.717) is 0 Å². The first-order valence-corrected chi connectivity index (χ1v) is 7.43. The summed E-state index contributed by atoms with van der Waals surface area (Å²) in [5.74, 6) is -3.82. The van der Waals surface area contributed by atoms with Gasteiger partial charge in [-0.25, -0.2) is 0 Å². The third-order valence-electron chi connectivity index (χ3n) is 3.86. The first kappa shape index (κ1) is 18.3. The normalized spacial score (nSPS) is 24.9. The molecule has 0 saturated carbocycles. The van der Waals surface area contributed by atoms with Crippen molar-refractivity contribution in [3.8, 4) is 0 Å². The van der Waals surface area contributed by atoms with E-state index in [1.165, 1.54) is 6.92 Å². The number of rotatable bonds is 6. The van der Waals surface area contributed by atoms with Crippen LogP contribution in [0.5, 0.6) is 0 Å². The zero-order valence-electron chi connectivity index (χ0n) is 13.8. The van der Waals surface area contributed by atoms with E-state index < -0.39 is 40.2 Å². The van der Waals surface area contributed by atoms with E-state index in [-0.39, 0.29) is 18.8 Å². The first-order valence-electron chi connectivity index (χ1n) is 7.43. The Labute approximate surface area is 130 Å². The van der Waals surface area contributed by atoms with Crippen LogP contribution >= 0.6 is 0 Å². The maximum Gasteiger partial charge on any atom is 0.190 e. The third-order valence-corrected chi connectivity index (χ3v) is 3.86. The Hall–Kier alpha value is -1.75. The average Bonchev–Trinajstić information content (AvgIpc) is 2.57. The van der Waals surface area contributed by atoms with Gasteiger partial charge in [0.2, 0.25) is 0 Å². The minimum Gasteiger partial charge on any atom is -0.508 e. The molecule has 2 atom stereocenters. The molecule has 0 aliphatic heterocycles. The van der Waals surface area contributed by atoms with Crippen LogP contribution in [-0.2, 0) is 14.4 Å². The summed E-state index contributed by atoms with van der Waals surface area (Å²) >= 11 is 0. The molecule has 0 radical (unpaired) electrons. The predicted octanol–water partition coefficient (Wildman–Crippen LogP) is 2.29. The van der Waals surface area contributed by atoms with E-state index in [0.717, 1.165) is 5.57 Å². The summed E-state index contributed by atoms with van der Waals surface area (Å²) in [4.78, 5) is 36.6. The van der Waals surface area contributed by atoms with Crippen molar-refractivity contribution in [3.63, 3.8) is 0 Å². The molecule has 0 fully saturated rings. The lowest BCUT2D eigenvalue weighted by atomic mass is 9.85. The summed E-state index contributed by atoms with van der Waals surface area (Å²) in [7, 11) is 0. The van der Waals surface area contributed by atoms with Gasteiger partial charge in [0.15, 0.2) is 23.0 Å². The first-order chi connectivity index (χ1) is 10.0. The van der Waals surface area contributed by atoms with Gasteiger partial charge in [0.05, 0.1) is 5.92 Å². The second-order valence-electron chi connectivity index (χ2n) is 6.51. The van der Waals surface area contributed by atoms with Crippen molar-refractivity contribution in [1.82, 2.24) is 0 Å². The zero-order valence-corrected chi connectivity index (χ0v) is 13.8. The molecule has 1 aliphatic carbocycles. The molecule has 122 valence electrons. The van der Waals surface area contributed by atoms with Gasteiger partial charge < -0.3 is 10.2 Å². The van der Waals surface area contributed by atoms with Crippen molar-refractivity contribution in [3.05, 3.63) is 23.0 Å². The highest BCUT2D eigenvalue weighted by Crippen LogP contribution is 2.39. The molecule has 0 amide bonds. The minimum absolute atomic E-state index is 0.00553. The molecule has 5 nitrogen and oxygen atoms in total. The Balaban J connectivity index is 3.23. The maximum absolute atomic E-state index is 12.3. The van der Waals surface area contributed by atoms with Crippen molar-refractivity contribution in [2.45, 2.75) is 53.1 Å². The fourth-order valence-corrected chi connectivity index (χ4v) is 2.49. The second-order valence-corrected chi connectivity index (χ2v) is 6.51. The number of hydrogen-bond acceptors (Lipinski definition) is 5. The van der Waals surface area contributed by atoms with Gasteiger partial charge in [-0.3, -0.25) is 14.4 Å². The molecule has 2 N–H and O–H groups in total. The number of carbonyl (C=O) groups is 3. The number of aliphatic hydroxyl groups is 2. The van der Waals surface area contributed by atoms with Crippen LogP contribution in [0.2, 0.25) is 0 Å². The monoisotopic (exact) mass is 308 g/mol. The van der Waals surface area contributed by atoms with Crippen LogP contribution in [0, 0.1) is 11.8 Å². The molecule has 0 heterocycles. The van der Waals surface area contributed by atoms with Gasteiger partial charge in [-0.1, -0.05) is 32.4 Å². The lowest BCUT2D eigenvalue weighted by molar-refractivity contribution is -0.143. The Morgan fingerprint density at radius 3 is 2.32 bits per heavy atom. The molecule has 1 unspecified atom stereocenters. The Morgan fingerprint density at radius 1 is 1.32 bits per heavy atom. The van der Waals surface area contributed by atoms with Gasteiger partial charge in [0, 0.05) is 12.8 Å². The van der Waals surface area contributed by atoms with E-state index >= 15 is 0 Å². The summed E-state index contributed by atoms with van der Waals surface area (Å²) in [6, 6.07) is 0. The molecule has 0 aromatic carbocycles. The second kappa shape index (κ2) is 6.57. The molecule has 0 spiro atoms. The molecule has 0 saturated heterocycles.